The SMILES string of the molecule is COc1cc(N2CCN(C(=O)O)CC2)cc(OC)c1OC. The number of amides is 1. The lowest BCUT2D eigenvalue weighted by Crippen LogP contribution is -2.48. The molecule has 1 aromatic carbocycles. The molecule has 0 bridgehead atoms. The fourth-order valence-corrected chi connectivity index (χ4v) is 2.41. The normalized spacial score (nSPS) is 14.8. The maximum atomic E-state index is 10.9. The number of ether oxygens (including phenoxy) is 3. The van der Waals surface area contributed by atoms with Gasteiger partial charge in [-0.2, -0.15) is 0 Å². The molecule has 1 heterocycles. The van der Waals surface area contributed by atoms with Crippen molar-refractivity contribution in [1.29, 1.82) is 0 Å². The summed E-state index contributed by atoms with van der Waals surface area (Å²) in [6.07, 6.45) is -0.875. The Balaban J connectivity index is 2.23. The fraction of sp³-hybridized carbons (Fsp3) is 0.500. The molecule has 21 heavy (non-hydrogen) atoms. The maximum Gasteiger partial charge on any atom is 0.407 e. The van der Waals surface area contributed by atoms with Crippen LogP contribution < -0.4 is 19.1 Å². The lowest BCUT2D eigenvalue weighted by Gasteiger charge is -2.35. The highest BCUT2D eigenvalue weighted by Crippen LogP contribution is 2.41. The molecule has 7 heteroatoms. The molecule has 0 radical (unpaired) electrons. The van der Waals surface area contributed by atoms with E-state index in [1.807, 2.05) is 12.1 Å². The van der Waals surface area contributed by atoms with E-state index in [0.29, 0.717) is 43.4 Å². The molecule has 1 aliphatic rings. The molecule has 2 rings (SSSR count). The fourth-order valence-electron chi connectivity index (χ4n) is 2.41. The first-order valence-electron chi connectivity index (χ1n) is 6.63. The van der Waals surface area contributed by atoms with Gasteiger partial charge < -0.3 is 29.1 Å². The maximum absolute atomic E-state index is 10.9. The number of methoxy groups -OCH3 is 3. The molecule has 0 saturated carbocycles. The van der Waals surface area contributed by atoms with Crippen molar-refractivity contribution < 1.29 is 24.1 Å². The average Bonchev–Trinajstić information content (AvgIpc) is 2.53. The standard InChI is InChI=1S/C14H20N2O5/c1-19-11-8-10(9-12(20-2)13(11)21-3)15-4-6-16(7-5-15)14(17)18/h8-9H,4-7H2,1-3H3,(H,17,18). The highest BCUT2D eigenvalue weighted by molar-refractivity contribution is 5.67. The second-order valence-electron chi connectivity index (χ2n) is 4.64. The van der Waals surface area contributed by atoms with E-state index in [9.17, 15) is 4.79 Å². The van der Waals surface area contributed by atoms with Crippen molar-refractivity contribution in [2.24, 2.45) is 0 Å². The van der Waals surface area contributed by atoms with Crippen LogP contribution in [0.15, 0.2) is 12.1 Å². The highest BCUT2D eigenvalue weighted by Gasteiger charge is 2.22. The molecule has 1 aliphatic heterocycles. The summed E-state index contributed by atoms with van der Waals surface area (Å²) in [4.78, 5) is 14.4. The number of hydrogen-bond acceptors (Lipinski definition) is 5. The summed E-state index contributed by atoms with van der Waals surface area (Å²) >= 11 is 0. The topological polar surface area (TPSA) is 71.5 Å². The van der Waals surface area contributed by atoms with Gasteiger partial charge >= 0.3 is 6.09 Å². The second kappa shape index (κ2) is 6.43. The molecule has 0 aliphatic carbocycles. The van der Waals surface area contributed by atoms with E-state index < -0.39 is 6.09 Å². The first-order valence-corrected chi connectivity index (χ1v) is 6.63. The first kappa shape index (κ1) is 15.1. The minimum atomic E-state index is -0.875. The van der Waals surface area contributed by atoms with Crippen LogP contribution >= 0.6 is 0 Å². The number of benzene rings is 1. The Labute approximate surface area is 123 Å². The van der Waals surface area contributed by atoms with Crippen LogP contribution in [0.4, 0.5) is 10.5 Å². The molecule has 1 aromatic rings. The predicted molar refractivity (Wildman–Crippen MR) is 77.9 cm³/mol. The number of carbonyl (C=O) groups is 1. The molecule has 1 N–H and O–H groups in total. The van der Waals surface area contributed by atoms with E-state index in [1.54, 1.807) is 21.3 Å². The summed E-state index contributed by atoms with van der Waals surface area (Å²) < 4.78 is 16.0. The summed E-state index contributed by atoms with van der Waals surface area (Å²) in [6.45, 7) is 2.22. The van der Waals surface area contributed by atoms with Crippen molar-refractivity contribution in [3.8, 4) is 17.2 Å². The van der Waals surface area contributed by atoms with Gasteiger partial charge in [0.05, 0.1) is 21.3 Å². The van der Waals surface area contributed by atoms with Gasteiger partial charge in [0, 0.05) is 44.0 Å². The zero-order valence-electron chi connectivity index (χ0n) is 12.5. The number of piperazine rings is 1. The monoisotopic (exact) mass is 296 g/mol. The van der Waals surface area contributed by atoms with Gasteiger partial charge in [-0.3, -0.25) is 0 Å². The quantitative estimate of drug-likeness (QED) is 0.908. The molecule has 1 saturated heterocycles. The number of carboxylic acid groups (broad SMARTS) is 1. The highest BCUT2D eigenvalue weighted by atomic mass is 16.5. The van der Waals surface area contributed by atoms with Crippen molar-refractivity contribution in [2.45, 2.75) is 0 Å². The van der Waals surface area contributed by atoms with Gasteiger partial charge in [0.2, 0.25) is 5.75 Å². The molecule has 0 aromatic heterocycles. The third-order valence-corrected chi connectivity index (χ3v) is 3.56. The van der Waals surface area contributed by atoms with Gasteiger partial charge in [-0.05, 0) is 0 Å². The molecule has 0 atom stereocenters. The molecule has 1 amide bonds. The number of anilines is 1. The predicted octanol–water partition coefficient (Wildman–Crippen LogP) is 1.51. The van der Waals surface area contributed by atoms with Crippen LogP contribution in [0.3, 0.4) is 0 Å². The zero-order valence-corrected chi connectivity index (χ0v) is 12.5. The zero-order chi connectivity index (χ0) is 15.4. The van der Waals surface area contributed by atoms with Gasteiger partial charge in [0.25, 0.3) is 0 Å². The Morgan fingerprint density at radius 1 is 1.00 bits per heavy atom. The van der Waals surface area contributed by atoms with Crippen LogP contribution in [0.5, 0.6) is 17.2 Å². The van der Waals surface area contributed by atoms with Crippen LogP contribution in [-0.4, -0.2) is 63.6 Å². The Hall–Kier alpha value is -2.31. The van der Waals surface area contributed by atoms with Crippen molar-refractivity contribution in [2.75, 3.05) is 52.4 Å². The lowest BCUT2D eigenvalue weighted by atomic mass is 10.2. The molecule has 0 unspecified atom stereocenters. The molecular weight excluding hydrogens is 276 g/mol. The summed E-state index contributed by atoms with van der Waals surface area (Å²) in [6, 6.07) is 3.75. The summed E-state index contributed by atoms with van der Waals surface area (Å²) in [5.41, 5.74) is 0.925. The summed E-state index contributed by atoms with van der Waals surface area (Å²) in [5, 5.41) is 8.98. The van der Waals surface area contributed by atoms with E-state index in [1.165, 1.54) is 4.90 Å². The molecule has 0 spiro atoms. The largest absolute Gasteiger partial charge is 0.493 e. The molecular formula is C14H20N2O5. The van der Waals surface area contributed by atoms with Crippen molar-refractivity contribution >= 4 is 11.8 Å². The van der Waals surface area contributed by atoms with Gasteiger partial charge in [-0.15, -0.1) is 0 Å². The van der Waals surface area contributed by atoms with Crippen LogP contribution in [0.2, 0.25) is 0 Å². The van der Waals surface area contributed by atoms with Crippen molar-refractivity contribution in [3.63, 3.8) is 0 Å². The van der Waals surface area contributed by atoms with E-state index in [2.05, 4.69) is 4.90 Å². The van der Waals surface area contributed by atoms with Crippen LogP contribution in [0, 0.1) is 0 Å². The minimum absolute atomic E-state index is 0.478. The Bertz CT molecular complexity index is 487. The number of hydrogen-bond donors (Lipinski definition) is 1. The third kappa shape index (κ3) is 3.07. The van der Waals surface area contributed by atoms with Crippen LogP contribution in [0.1, 0.15) is 0 Å². The minimum Gasteiger partial charge on any atom is -0.493 e. The van der Waals surface area contributed by atoms with Crippen LogP contribution in [0.25, 0.3) is 0 Å². The van der Waals surface area contributed by atoms with Crippen molar-refractivity contribution in [3.05, 3.63) is 12.1 Å². The van der Waals surface area contributed by atoms with E-state index in [-0.39, 0.29) is 0 Å². The molecule has 7 nitrogen and oxygen atoms in total. The van der Waals surface area contributed by atoms with Crippen molar-refractivity contribution in [1.82, 2.24) is 4.90 Å². The van der Waals surface area contributed by atoms with Gasteiger partial charge in [-0.25, -0.2) is 4.79 Å². The summed E-state index contributed by atoms with van der Waals surface area (Å²) in [7, 11) is 4.71. The number of rotatable bonds is 4. The third-order valence-electron chi connectivity index (χ3n) is 3.56. The van der Waals surface area contributed by atoms with Gasteiger partial charge in [0.15, 0.2) is 11.5 Å². The smallest absolute Gasteiger partial charge is 0.407 e. The Kier molecular flexibility index (Phi) is 4.62. The molecule has 1 fully saturated rings. The second-order valence-corrected chi connectivity index (χ2v) is 4.64. The number of nitrogens with zero attached hydrogens (tertiary/aromatic N) is 2. The Morgan fingerprint density at radius 2 is 1.52 bits per heavy atom. The van der Waals surface area contributed by atoms with Crippen LogP contribution in [-0.2, 0) is 0 Å². The molecule has 116 valence electrons. The summed E-state index contributed by atoms with van der Waals surface area (Å²) in [5.74, 6) is 1.73. The van der Waals surface area contributed by atoms with Gasteiger partial charge in [-0.1, -0.05) is 0 Å². The lowest BCUT2D eigenvalue weighted by molar-refractivity contribution is 0.142. The van der Waals surface area contributed by atoms with E-state index in [4.69, 9.17) is 19.3 Å². The van der Waals surface area contributed by atoms with Gasteiger partial charge in [0.1, 0.15) is 0 Å². The van der Waals surface area contributed by atoms with E-state index >= 15 is 0 Å². The first-order chi connectivity index (χ1) is 10.1. The average molecular weight is 296 g/mol. The van der Waals surface area contributed by atoms with E-state index in [0.717, 1.165) is 5.69 Å². The Morgan fingerprint density at radius 3 is 1.90 bits per heavy atom.